The highest BCUT2D eigenvalue weighted by Gasteiger charge is 2.26. The Morgan fingerprint density at radius 2 is 2.20 bits per heavy atom. The van der Waals surface area contributed by atoms with E-state index >= 15 is 0 Å². The van der Waals surface area contributed by atoms with Gasteiger partial charge in [-0.25, -0.2) is 4.98 Å². The number of nitrogen functional groups attached to an aromatic ring is 1. The van der Waals surface area contributed by atoms with Crippen molar-refractivity contribution in [1.82, 2.24) is 9.88 Å². The van der Waals surface area contributed by atoms with Crippen molar-refractivity contribution < 1.29 is 4.79 Å². The summed E-state index contributed by atoms with van der Waals surface area (Å²) >= 11 is 1.43. The van der Waals surface area contributed by atoms with Gasteiger partial charge >= 0.3 is 0 Å². The summed E-state index contributed by atoms with van der Waals surface area (Å²) in [5, 5.41) is 0.546. The molecule has 5 heteroatoms. The van der Waals surface area contributed by atoms with Crippen molar-refractivity contribution in [2.75, 3.05) is 18.8 Å². The van der Waals surface area contributed by atoms with Gasteiger partial charge in [-0.2, -0.15) is 0 Å². The summed E-state index contributed by atoms with van der Waals surface area (Å²) in [6.45, 7) is 6.19. The van der Waals surface area contributed by atoms with E-state index in [1.807, 2.05) is 23.1 Å². The van der Waals surface area contributed by atoms with Crippen LogP contribution in [-0.2, 0) is 0 Å². The minimum Gasteiger partial charge on any atom is -0.375 e. The number of aromatic nitrogens is 1. The van der Waals surface area contributed by atoms with E-state index in [0.717, 1.165) is 35.3 Å². The van der Waals surface area contributed by atoms with Crippen LogP contribution in [0.2, 0.25) is 0 Å². The zero-order valence-corrected chi connectivity index (χ0v) is 12.6. The smallest absolute Gasteiger partial charge is 0.253 e. The molecule has 3 rings (SSSR count). The molecule has 0 bridgehead atoms. The lowest BCUT2D eigenvalue weighted by Crippen LogP contribution is -2.42. The van der Waals surface area contributed by atoms with Crippen LogP contribution >= 0.6 is 11.3 Å². The maximum Gasteiger partial charge on any atom is 0.253 e. The van der Waals surface area contributed by atoms with Crippen LogP contribution in [0, 0.1) is 11.8 Å². The summed E-state index contributed by atoms with van der Waals surface area (Å²) in [4.78, 5) is 18.8. The van der Waals surface area contributed by atoms with Gasteiger partial charge < -0.3 is 10.6 Å². The molecule has 1 aliphatic heterocycles. The Kier molecular flexibility index (Phi) is 3.38. The first kappa shape index (κ1) is 13.4. The molecule has 0 aliphatic carbocycles. The molecule has 2 aromatic rings. The van der Waals surface area contributed by atoms with Gasteiger partial charge in [-0.3, -0.25) is 4.79 Å². The molecule has 2 atom stereocenters. The highest BCUT2D eigenvalue weighted by atomic mass is 32.1. The zero-order chi connectivity index (χ0) is 14.3. The standard InChI is InChI=1S/C15H19N3OS/c1-9-5-6-18(8-10(9)2)14(19)11-3-4-12-13(7-11)20-15(16)17-12/h3-4,7,9-10H,5-6,8H2,1-2H3,(H2,16,17). The van der Waals surface area contributed by atoms with Gasteiger partial charge in [0, 0.05) is 18.7 Å². The van der Waals surface area contributed by atoms with E-state index in [9.17, 15) is 4.79 Å². The molecule has 20 heavy (non-hydrogen) atoms. The van der Waals surface area contributed by atoms with Crippen molar-refractivity contribution >= 4 is 32.6 Å². The van der Waals surface area contributed by atoms with Crippen molar-refractivity contribution in [3.05, 3.63) is 23.8 Å². The molecule has 106 valence electrons. The summed E-state index contributed by atoms with van der Waals surface area (Å²) in [6, 6.07) is 5.65. The number of benzene rings is 1. The molecule has 4 nitrogen and oxygen atoms in total. The summed E-state index contributed by atoms with van der Waals surface area (Å²) in [5.41, 5.74) is 7.31. The number of nitrogens with two attached hydrogens (primary N) is 1. The Morgan fingerprint density at radius 3 is 2.95 bits per heavy atom. The average Bonchev–Trinajstić information content (AvgIpc) is 2.80. The molecule has 1 aromatic heterocycles. The van der Waals surface area contributed by atoms with Crippen molar-refractivity contribution in [1.29, 1.82) is 0 Å². The molecular weight excluding hydrogens is 270 g/mol. The van der Waals surface area contributed by atoms with Crippen LogP contribution in [0.5, 0.6) is 0 Å². The van der Waals surface area contributed by atoms with E-state index in [0.29, 0.717) is 17.0 Å². The lowest BCUT2D eigenvalue weighted by Gasteiger charge is -2.35. The first-order valence-electron chi connectivity index (χ1n) is 7.00. The maximum atomic E-state index is 12.6. The molecule has 1 aromatic carbocycles. The SMILES string of the molecule is CC1CCN(C(=O)c2ccc3nc(N)sc3c2)CC1C. The van der Waals surface area contributed by atoms with Crippen LogP contribution in [0.1, 0.15) is 30.6 Å². The number of hydrogen-bond donors (Lipinski definition) is 1. The minimum absolute atomic E-state index is 0.123. The maximum absolute atomic E-state index is 12.6. The fourth-order valence-electron chi connectivity index (χ4n) is 2.71. The van der Waals surface area contributed by atoms with Crippen molar-refractivity contribution in [3.63, 3.8) is 0 Å². The first-order chi connectivity index (χ1) is 9.54. The third kappa shape index (κ3) is 2.38. The third-order valence-corrected chi connectivity index (χ3v) is 5.12. The number of piperidine rings is 1. The Morgan fingerprint density at radius 1 is 1.40 bits per heavy atom. The number of anilines is 1. The van der Waals surface area contributed by atoms with E-state index in [1.54, 1.807) is 0 Å². The number of thiazole rings is 1. The molecule has 2 heterocycles. The predicted molar refractivity (Wildman–Crippen MR) is 82.9 cm³/mol. The van der Waals surface area contributed by atoms with Crippen molar-refractivity contribution in [2.24, 2.45) is 11.8 Å². The molecule has 2 N–H and O–H groups in total. The lowest BCUT2D eigenvalue weighted by molar-refractivity contribution is 0.0627. The molecule has 0 radical (unpaired) electrons. The normalized spacial score (nSPS) is 23.2. The minimum atomic E-state index is 0.123. The number of rotatable bonds is 1. The largest absolute Gasteiger partial charge is 0.375 e. The zero-order valence-electron chi connectivity index (χ0n) is 11.8. The molecule has 2 unspecified atom stereocenters. The number of hydrogen-bond acceptors (Lipinski definition) is 4. The first-order valence-corrected chi connectivity index (χ1v) is 7.81. The van der Waals surface area contributed by atoms with E-state index in [2.05, 4.69) is 18.8 Å². The van der Waals surface area contributed by atoms with Gasteiger partial charge in [-0.15, -0.1) is 0 Å². The van der Waals surface area contributed by atoms with Crippen molar-refractivity contribution in [3.8, 4) is 0 Å². The summed E-state index contributed by atoms with van der Waals surface area (Å²) in [7, 11) is 0. The quantitative estimate of drug-likeness (QED) is 0.878. The topological polar surface area (TPSA) is 59.2 Å². The Labute approximate surface area is 122 Å². The molecule has 1 fully saturated rings. The second-order valence-electron chi connectivity index (χ2n) is 5.73. The van der Waals surface area contributed by atoms with E-state index in [-0.39, 0.29) is 5.91 Å². The summed E-state index contributed by atoms with van der Waals surface area (Å²) in [6.07, 6.45) is 1.09. The average molecular weight is 289 g/mol. The molecule has 1 aliphatic rings. The van der Waals surface area contributed by atoms with Gasteiger partial charge in [-0.1, -0.05) is 25.2 Å². The number of likely N-dealkylation sites (tertiary alicyclic amines) is 1. The molecule has 0 spiro atoms. The summed E-state index contributed by atoms with van der Waals surface area (Å²) < 4.78 is 0.978. The van der Waals surface area contributed by atoms with Gasteiger partial charge in [-0.05, 0) is 36.5 Å². The lowest BCUT2D eigenvalue weighted by atomic mass is 9.88. The highest BCUT2D eigenvalue weighted by Crippen LogP contribution is 2.27. The second-order valence-corrected chi connectivity index (χ2v) is 6.79. The fraction of sp³-hybridized carbons (Fsp3) is 0.467. The third-order valence-electron chi connectivity index (χ3n) is 4.27. The number of nitrogens with zero attached hydrogens (tertiary/aromatic N) is 2. The van der Waals surface area contributed by atoms with Crippen LogP contribution in [0.25, 0.3) is 10.2 Å². The Balaban J connectivity index is 1.84. The second kappa shape index (κ2) is 5.05. The van der Waals surface area contributed by atoms with Gasteiger partial charge in [0.2, 0.25) is 0 Å². The Bertz CT molecular complexity index is 652. The van der Waals surface area contributed by atoms with E-state index < -0.39 is 0 Å². The van der Waals surface area contributed by atoms with Crippen LogP contribution in [0.3, 0.4) is 0 Å². The van der Waals surface area contributed by atoms with Crippen LogP contribution in [0.15, 0.2) is 18.2 Å². The van der Waals surface area contributed by atoms with Gasteiger partial charge in [0.25, 0.3) is 5.91 Å². The summed E-state index contributed by atoms with van der Waals surface area (Å²) in [5.74, 6) is 1.39. The number of fused-ring (bicyclic) bond motifs is 1. The van der Waals surface area contributed by atoms with E-state index in [1.165, 1.54) is 11.3 Å². The monoisotopic (exact) mass is 289 g/mol. The predicted octanol–water partition coefficient (Wildman–Crippen LogP) is 3.00. The van der Waals surface area contributed by atoms with Crippen LogP contribution in [-0.4, -0.2) is 28.9 Å². The molecule has 1 amide bonds. The number of amides is 1. The van der Waals surface area contributed by atoms with Crippen molar-refractivity contribution in [2.45, 2.75) is 20.3 Å². The number of carbonyl (C=O) groups is 1. The van der Waals surface area contributed by atoms with Gasteiger partial charge in [0.1, 0.15) is 0 Å². The molecule has 0 saturated carbocycles. The van der Waals surface area contributed by atoms with Gasteiger partial charge in [0.05, 0.1) is 10.2 Å². The molecule has 1 saturated heterocycles. The van der Waals surface area contributed by atoms with E-state index in [4.69, 9.17) is 5.73 Å². The highest BCUT2D eigenvalue weighted by molar-refractivity contribution is 7.22. The van der Waals surface area contributed by atoms with Crippen LogP contribution < -0.4 is 5.73 Å². The number of carbonyl (C=O) groups excluding carboxylic acids is 1. The van der Waals surface area contributed by atoms with Gasteiger partial charge in [0.15, 0.2) is 5.13 Å². The fourth-order valence-corrected chi connectivity index (χ4v) is 3.48. The molecular formula is C15H19N3OS. The van der Waals surface area contributed by atoms with Crippen LogP contribution in [0.4, 0.5) is 5.13 Å². The Hall–Kier alpha value is -1.62.